The number of aryl methyl sites for hydroxylation is 2. The average molecular weight is 490 g/mol. The molecule has 0 bridgehead atoms. The molecule has 0 aliphatic carbocycles. The van der Waals surface area contributed by atoms with Crippen molar-refractivity contribution >= 4 is 17.9 Å². The number of carbonyl (C=O) groups is 3. The van der Waals surface area contributed by atoms with Crippen LogP contribution in [0.25, 0.3) is 0 Å². The Morgan fingerprint density at radius 2 is 1.60 bits per heavy atom. The molecule has 1 aromatic rings. The molecule has 0 radical (unpaired) electrons. The first kappa shape index (κ1) is 30.5. The van der Waals surface area contributed by atoms with Crippen molar-refractivity contribution in [3.05, 3.63) is 34.9 Å². The van der Waals surface area contributed by atoms with Crippen LogP contribution >= 0.6 is 0 Å². The maximum Gasteiger partial charge on any atom is 0.408 e. The summed E-state index contributed by atoms with van der Waals surface area (Å²) >= 11 is 0. The molecule has 2 N–H and O–H groups in total. The standard InChI is InChI=1S/C28H47N3O4/c1-12-15-31(25(33)22(16-18(2)3)29-26(34)35-28(9,10)11)23(24(32)30-27(6,7)8)21-14-13-19(4)20(5)17-21/h13-14,17-18,22-23H,12,15-16H2,1-11H3,(H,29,34)(H,30,32). The van der Waals surface area contributed by atoms with E-state index in [1.165, 1.54) is 0 Å². The van der Waals surface area contributed by atoms with Crippen LogP contribution in [0.4, 0.5) is 4.79 Å². The minimum atomic E-state index is -0.823. The number of nitrogens with zero attached hydrogens (tertiary/aromatic N) is 1. The molecule has 0 heterocycles. The van der Waals surface area contributed by atoms with Crippen molar-refractivity contribution in [2.75, 3.05) is 6.54 Å². The highest BCUT2D eigenvalue weighted by Crippen LogP contribution is 2.27. The Bertz CT molecular complexity index is 881. The zero-order valence-corrected chi connectivity index (χ0v) is 23.7. The quantitative estimate of drug-likeness (QED) is 0.484. The van der Waals surface area contributed by atoms with Crippen LogP contribution in [-0.4, -0.2) is 46.5 Å². The molecular weight excluding hydrogens is 442 g/mol. The second kappa shape index (κ2) is 12.4. The van der Waals surface area contributed by atoms with Gasteiger partial charge in [-0.25, -0.2) is 4.79 Å². The molecule has 0 saturated heterocycles. The van der Waals surface area contributed by atoms with E-state index in [1.54, 1.807) is 25.7 Å². The molecule has 1 aromatic carbocycles. The van der Waals surface area contributed by atoms with Crippen LogP contribution in [0.2, 0.25) is 0 Å². The minimum absolute atomic E-state index is 0.144. The van der Waals surface area contributed by atoms with Crippen LogP contribution in [-0.2, 0) is 14.3 Å². The van der Waals surface area contributed by atoms with Gasteiger partial charge in [0.1, 0.15) is 17.7 Å². The van der Waals surface area contributed by atoms with E-state index >= 15 is 0 Å². The Hall–Kier alpha value is -2.57. The lowest BCUT2D eigenvalue weighted by atomic mass is 9.96. The summed E-state index contributed by atoms with van der Waals surface area (Å²) in [5, 5.41) is 5.83. The molecule has 0 spiro atoms. The molecule has 0 fully saturated rings. The van der Waals surface area contributed by atoms with Gasteiger partial charge in [-0.3, -0.25) is 9.59 Å². The van der Waals surface area contributed by atoms with E-state index < -0.39 is 29.3 Å². The number of nitrogens with one attached hydrogen (secondary N) is 2. The summed E-state index contributed by atoms with van der Waals surface area (Å²) in [5.74, 6) is -0.396. The van der Waals surface area contributed by atoms with Crippen LogP contribution in [0.15, 0.2) is 18.2 Å². The lowest BCUT2D eigenvalue weighted by Gasteiger charge is -2.36. The zero-order valence-electron chi connectivity index (χ0n) is 23.7. The number of benzene rings is 1. The molecule has 0 aromatic heterocycles. The fourth-order valence-electron chi connectivity index (χ4n) is 3.80. The number of hydrogen-bond donors (Lipinski definition) is 2. The number of rotatable bonds is 9. The van der Waals surface area contributed by atoms with Gasteiger partial charge in [-0.1, -0.05) is 39.0 Å². The molecule has 198 valence electrons. The Kier molecular flexibility index (Phi) is 10.8. The van der Waals surface area contributed by atoms with E-state index in [0.29, 0.717) is 19.4 Å². The van der Waals surface area contributed by atoms with Gasteiger partial charge in [0.05, 0.1) is 0 Å². The van der Waals surface area contributed by atoms with E-state index in [0.717, 1.165) is 16.7 Å². The molecule has 3 amide bonds. The molecule has 35 heavy (non-hydrogen) atoms. The number of hydrogen-bond acceptors (Lipinski definition) is 4. The highest BCUT2D eigenvalue weighted by molar-refractivity contribution is 5.92. The Morgan fingerprint density at radius 3 is 2.06 bits per heavy atom. The summed E-state index contributed by atoms with van der Waals surface area (Å²) < 4.78 is 5.43. The van der Waals surface area contributed by atoms with Crippen LogP contribution < -0.4 is 10.6 Å². The third kappa shape index (κ3) is 10.3. The van der Waals surface area contributed by atoms with E-state index in [-0.39, 0.29) is 17.7 Å². The summed E-state index contributed by atoms with van der Waals surface area (Å²) in [6.07, 6.45) is 0.449. The first-order chi connectivity index (χ1) is 15.9. The SMILES string of the molecule is CCCN(C(=O)C(CC(C)C)NC(=O)OC(C)(C)C)C(C(=O)NC(C)(C)C)c1ccc(C)c(C)c1. The van der Waals surface area contributed by atoms with E-state index in [2.05, 4.69) is 10.6 Å². The average Bonchev–Trinajstić information content (AvgIpc) is 2.66. The Balaban J connectivity index is 3.50. The smallest absolute Gasteiger partial charge is 0.408 e. The minimum Gasteiger partial charge on any atom is -0.444 e. The van der Waals surface area contributed by atoms with Crippen LogP contribution in [0.3, 0.4) is 0 Å². The van der Waals surface area contributed by atoms with Crippen LogP contribution in [0.1, 0.15) is 97.9 Å². The first-order valence-corrected chi connectivity index (χ1v) is 12.6. The summed E-state index contributed by atoms with van der Waals surface area (Å²) in [4.78, 5) is 41.8. The van der Waals surface area contributed by atoms with Crippen molar-refractivity contribution in [1.82, 2.24) is 15.5 Å². The predicted octanol–water partition coefficient (Wildman–Crippen LogP) is 5.44. The van der Waals surface area contributed by atoms with Gasteiger partial charge in [-0.2, -0.15) is 0 Å². The molecule has 0 saturated carbocycles. The lowest BCUT2D eigenvalue weighted by molar-refractivity contribution is -0.143. The summed E-state index contributed by atoms with van der Waals surface area (Å²) in [5.41, 5.74) is 1.75. The van der Waals surface area contributed by atoms with Crippen molar-refractivity contribution in [1.29, 1.82) is 0 Å². The van der Waals surface area contributed by atoms with Crippen molar-refractivity contribution in [2.45, 2.75) is 112 Å². The van der Waals surface area contributed by atoms with Crippen LogP contribution in [0.5, 0.6) is 0 Å². The van der Waals surface area contributed by atoms with Crippen molar-refractivity contribution in [3.63, 3.8) is 0 Å². The number of alkyl carbamates (subject to hydrolysis) is 1. The van der Waals surface area contributed by atoms with Gasteiger partial charge in [-0.15, -0.1) is 0 Å². The normalized spacial score (nSPS) is 13.7. The first-order valence-electron chi connectivity index (χ1n) is 12.6. The molecular formula is C28H47N3O4. The topological polar surface area (TPSA) is 87.7 Å². The Morgan fingerprint density at radius 1 is 1.00 bits per heavy atom. The molecule has 0 aliphatic rings. The third-order valence-corrected chi connectivity index (χ3v) is 5.35. The zero-order chi connectivity index (χ0) is 27.1. The summed E-state index contributed by atoms with van der Waals surface area (Å²) in [6.45, 7) is 21.4. The van der Waals surface area contributed by atoms with Crippen LogP contribution in [0, 0.1) is 19.8 Å². The van der Waals surface area contributed by atoms with Gasteiger partial charge in [-0.05, 0) is 90.8 Å². The van der Waals surface area contributed by atoms with Gasteiger partial charge in [0.15, 0.2) is 0 Å². The number of carbonyl (C=O) groups excluding carboxylic acids is 3. The van der Waals surface area contributed by atoms with E-state index in [1.807, 2.05) is 73.6 Å². The Labute approximate surface area is 212 Å². The second-order valence-corrected chi connectivity index (χ2v) is 11.8. The fourth-order valence-corrected chi connectivity index (χ4v) is 3.80. The fraction of sp³-hybridized carbons (Fsp3) is 0.679. The largest absolute Gasteiger partial charge is 0.444 e. The van der Waals surface area contributed by atoms with E-state index in [9.17, 15) is 14.4 Å². The second-order valence-electron chi connectivity index (χ2n) is 11.8. The van der Waals surface area contributed by atoms with Crippen molar-refractivity contribution in [3.8, 4) is 0 Å². The highest BCUT2D eigenvalue weighted by Gasteiger charge is 2.37. The van der Waals surface area contributed by atoms with Gasteiger partial charge >= 0.3 is 6.09 Å². The molecule has 1 rings (SSSR count). The monoisotopic (exact) mass is 489 g/mol. The van der Waals surface area contributed by atoms with E-state index in [4.69, 9.17) is 4.74 Å². The third-order valence-electron chi connectivity index (χ3n) is 5.35. The summed E-state index contributed by atoms with van der Waals surface area (Å²) in [7, 11) is 0. The van der Waals surface area contributed by atoms with Gasteiger partial charge in [0, 0.05) is 12.1 Å². The number of ether oxygens (including phenoxy) is 1. The number of amides is 3. The van der Waals surface area contributed by atoms with Crippen molar-refractivity contribution in [2.24, 2.45) is 5.92 Å². The molecule has 2 atom stereocenters. The lowest BCUT2D eigenvalue weighted by Crippen LogP contribution is -2.55. The molecule has 7 nitrogen and oxygen atoms in total. The van der Waals surface area contributed by atoms with Gasteiger partial charge < -0.3 is 20.3 Å². The predicted molar refractivity (Wildman–Crippen MR) is 141 cm³/mol. The maximum absolute atomic E-state index is 14.0. The maximum atomic E-state index is 14.0. The van der Waals surface area contributed by atoms with Gasteiger partial charge in [0.2, 0.25) is 11.8 Å². The highest BCUT2D eigenvalue weighted by atomic mass is 16.6. The van der Waals surface area contributed by atoms with Crippen molar-refractivity contribution < 1.29 is 19.1 Å². The molecule has 2 unspecified atom stereocenters. The van der Waals surface area contributed by atoms with Gasteiger partial charge in [0.25, 0.3) is 0 Å². The summed E-state index contributed by atoms with van der Waals surface area (Å²) in [6, 6.07) is 4.21. The molecule has 0 aliphatic heterocycles. The molecule has 7 heteroatoms.